The number of phenolic OH excluding ortho intramolecular Hbond substituents is 1. The smallest absolute Gasteiger partial charge is 0.293 e. The maximum atomic E-state index is 12.3. The molecule has 2 aromatic carbocycles. The van der Waals surface area contributed by atoms with Crippen LogP contribution in [0.4, 0.5) is 5.69 Å². The SMILES string of the molecule is O=C(NC(=S)Nc1cc(Br)c(O)c(Br)c1)c1ccc(-c2ccc(Cl)cc2)o1. The highest BCUT2D eigenvalue weighted by Crippen LogP contribution is 2.35. The molecule has 0 aliphatic rings. The topological polar surface area (TPSA) is 74.5 Å². The van der Waals surface area contributed by atoms with Gasteiger partial charge in [-0.15, -0.1) is 0 Å². The first kappa shape index (κ1) is 19.9. The van der Waals surface area contributed by atoms with Gasteiger partial charge in [-0.2, -0.15) is 0 Å². The summed E-state index contributed by atoms with van der Waals surface area (Å²) < 4.78 is 6.54. The number of halogens is 3. The number of carbonyl (C=O) groups is 1. The number of thiocarbonyl (C=S) groups is 1. The van der Waals surface area contributed by atoms with Crippen LogP contribution in [0, 0.1) is 0 Å². The van der Waals surface area contributed by atoms with Gasteiger partial charge >= 0.3 is 0 Å². The van der Waals surface area contributed by atoms with Gasteiger partial charge in [-0.1, -0.05) is 11.6 Å². The molecule has 1 amide bonds. The van der Waals surface area contributed by atoms with Gasteiger partial charge in [0.1, 0.15) is 11.5 Å². The molecule has 1 aromatic heterocycles. The van der Waals surface area contributed by atoms with Crippen LogP contribution in [0.1, 0.15) is 10.6 Å². The first-order valence-corrected chi connectivity index (χ1v) is 9.87. The van der Waals surface area contributed by atoms with E-state index in [2.05, 4.69) is 42.5 Å². The lowest BCUT2D eigenvalue weighted by Gasteiger charge is -2.10. The number of anilines is 1. The van der Waals surface area contributed by atoms with Gasteiger partial charge in [-0.3, -0.25) is 10.1 Å². The Morgan fingerprint density at radius 2 is 1.70 bits per heavy atom. The first-order chi connectivity index (χ1) is 12.8. The van der Waals surface area contributed by atoms with Gasteiger partial charge in [0.15, 0.2) is 10.9 Å². The van der Waals surface area contributed by atoms with Gasteiger partial charge in [0.2, 0.25) is 0 Å². The maximum Gasteiger partial charge on any atom is 0.293 e. The van der Waals surface area contributed by atoms with E-state index in [1.165, 1.54) is 0 Å². The van der Waals surface area contributed by atoms with E-state index in [0.29, 0.717) is 25.4 Å². The fraction of sp³-hybridized carbons (Fsp3) is 0. The van der Waals surface area contributed by atoms with E-state index >= 15 is 0 Å². The Morgan fingerprint density at radius 3 is 2.33 bits per heavy atom. The van der Waals surface area contributed by atoms with Crippen molar-refractivity contribution in [3.63, 3.8) is 0 Å². The number of hydrogen-bond acceptors (Lipinski definition) is 4. The third kappa shape index (κ3) is 4.90. The van der Waals surface area contributed by atoms with Gasteiger partial charge in [-0.05, 0) is 92.6 Å². The monoisotopic (exact) mass is 528 g/mol. The van der Waals surface area contributed by atoms with E-state index in [-0.39, 0.29) is 16.6 Å². The van der Waals surface area contributed by atoms with E-state index in [9.17, 15) is 9.90 Å². The number of amides is 1. The second kappa shape index (κ2) is 8.43. The Balaban J connectivity index is 1.67. The molecule has 0 fully saturated rings. The molecule has 0 atom stereocenters. The molecule has 5 nitrogen and oxygen atoms in total. The molecule has 0 spiro atoms. The minimum atomic E-state index is -0.482. The maximum absolute atomic E-state index is 12.3. The summed E-state index contributed by atoms with van der Waals surface area (Å²) in [6, 6.07) is 13.6. The molecule has 9 heteroatoms. The van der Waals surface area contributed by atoms with Crippen LogP contribution in [0.25, 0.3) is 11.3 Å². The zero-order valence-electron chi connectivity index (χ0n) is 13.4. The van der Waals surface area contributed by atoms with Crippen molar-refractivity contribution >= 4 is 72.4 Å². The van der Waals surface area contributed by atoms with Crippen LogP contribution in [0.2, 0.25) is 5.02 Å². The molecule has 0 unspecified atom stereocenters. The predicted octanol–water partition coefficient (Wildman–Crippen LogP) is 5.96. The van der Waals surface area contributed by atoms with Crippen molar-refractivity contribution in [2.75, 3.05) is 5.32 Å². The third-order valence-corrected chi connectivity index (χ3v) is 5.13. The summed E-state index contributed by atoms with van der Waals surface area (Å²) in [5.74, 6) is 0.254. The van der Waals surface area contributed by atoms with Crippen molar-refractivity contribution in [1.82, 2.24) is 5.32 Å². The summed E-state index contributed by atoms with van der Waals surface area (Å²) in [6.45, 7) is 0. The zero-order valence-corrected chi connectivity index (χ0v) is 18.2. The Hall–Kier alpha value is -1.87. The summed E-state index contributed by atoms with van der Waals surface area (Å²) in [5, 5.41) is 15.8. The number of rotatable bonds is 3. The van der Waals surface area contributed by atoms with E-state index in [1.54, 1.807) is 48.5 Å². The van der Waals surface area contributed by atoms with Gasteiger partial charge in [-0.25, -0.2) is 0 Å². The van der Waals surface area contributed by atoms with Gasteiger partial charge in [0, 0.05) is 16.3 Å². The molecule has 3 aromatic rings. The lowest BCUT2D eigenvalue weighted by molar-refractivity contribution is 0.0951. The number of carbonyl (C=O) groups excluding carboxylic acids is 1. The lowest BCUT2D eigenvalue weighted by atomic mass is 10.2. The minimum absolute atomic E-state index is 0.0702. The van der Waals surface area contributed by atoms with Crippen LogP contribution in [-0.2, 0) is 0 Å². The van der Waals surface area contributed by atoms with Crippen LogP contribution in [0.15, 0.2) is 61.9 Å². The molecular weight excluding hydrogens is 520 g/mol. The van der Waals surface area contributed by atoms with Gasteiger partial charge in [0.05, 0.1) is 8.95 Å². The average molecular weight is 531 g/mol. The molecule has 0 radical (unpaired) electrons. The van der Waals surface area contributed by atoms with E-state index < -0.39 is 5.91 Å². The summed E-state index contributed by atoms with van der Waals surface area (Å²) >= 11 is 17.5. The summed E-state index contributed by atoms with van der Waals surface area (Å²) in [7, 11) is 0. The Morgan fingerprint density at radius 1 is 1.07 bits per heavy atom. The molecule has 0 saturated carbocycles. The van der Waals surface area contributed by atoms with Crippen LogP contribution < -0.4 is 10.6 Å². The van der Waals surface area contributed by atoms with Gasteiger partial charge < -0.3 is 14.8 Å². The predicted molar refractivity (Wildman–Crippen MR) is 116 cm³/mol. The molecule has 0 saturated heterocycles. The summed E-state index contributed by atoms with van der Waals surface area (Å²) in [5.41, 5.74) is 1.39. The highest BCUT2D eigenvalue weighted by Gasteiger charge is 2.14. The Labute approximate surface area is 182 Å². The highest BCUT2D eigenvalue weighted by atomic mass is 79.9. The molecule has 138 valence electrons. The standard InChI is InChI=1S/C18H11Br2ClN2O3S/c19-12-7-11(8-13(20)16(12)24)22-18(27)23-17(25)15-6-5-14(26-15)9-1-3-10(21)4-2-9/h1-8,24H,(H2,22,23,25,27). The number of aromatic hydroxyl groups is 1. The van der Waals surface area contributed by atoms with E-state index in [0.717, 1.165) is 5.56 Å². The number of furan rings is 1. The van der Waals surface area contributed by atoms with Crippen LogP contribution in [0.5, 0.6) is 5.75 Å². The molecule has 1 heterocycles. The second-order valence-corrected chi connectivity index (χ2v) is 7.92. The molecule has 27 heavy (non-hydrogen) atoms. The summed E-state index contributed by atoms with van der Waals surface area (Å²) in [4.78, 5) is 12.3. The van der Waals surface area contributed by atoms with Crippen molar-refractivity contribution < 1.29 is 14.3 Å². The van der Waals surface area contributed by atoms with Crippen LogP contribution in [-0.4, -0.2) is 16.1 Å². The average Bonchev–Trinajstić information content (AvgIpc) is 3.10. The van der Waals surface area contributed by atoms with Crippen molar-refractivity contribution in [2.24, 2.45) is 0 Å². The van der Waals surface area contributed by atoms with Crippen molar-refractivity contribution in [3.8, 4) is 17.1 Å². The number of hydrogen-bond donors (Lipinski definition) is 3. The molecular formula is C18H11Br2ClN2O3S. The first-order valence-electron chi connectivity index (χ1n) is 7.49. The summed E-state index contributed by atoms with van der Waals surface area (Å²) in [6.07, 6.45) is 0. The van der Waals surface area contributed by atoms with Gasteiger partial charge in [0.25, 0.3) is 5.91 Å². The lowest BCUT2D eigenvalue weighted by Crippen LogP contribution is -2.33. The molecule has 0 bridgehead atoms. The normalized spacial score (nSPS) is 10.5. The highest BCUT2D eigenvalue weighted by molar-refractivity contribution is 9.11. The molecule has 0 aliphatic heterocycles. The molecule has 0 aliphatic carbocycles. The van der Waals surface area contributed by atoms with Crippen LogP contribution >= 0.6 is 55.7 Å². The second-order valence-electron chi connectivity index (χ2n) is 5.37. The Kier molecular flexibility index (Phi) is 6.21. The van der Waals surface area contributed by atoms with Crippen molar-refractivity contribution in [3.05, 3.63) is 68.3 Å². The number of benzene rings is 2. The minimum Gasteiger partial charge on any atom is -0.506 e. The number of phenols is 1. The number of nitrogens with one attached hydrogen (secondary N) is 2. The molecule has 3 rings (SSSR count). The largest absolute Gasteiger partial charge is 0.506 e. The van der Waals surface area contributed by atoms with Crippen LogP contribution in [0.3, 0.4) is 0 Å². The van der Waals surface area contributed by atoms with Crippen molar-refractivity contribution in [2.45, 2.75) is 0 Å². The molecule has 3 N–H and O–H groups in total. The zero-order chi connectivity index (χ0) is 19.6. The van der Waals surface area contributed by atoms with E-state index in [1.807, 2.05) is 0 Å². The fourth-order valence-corrected chi connectivity index (χ4v) is 3.72. The van der Waals surface area contributed by atoms with E-state index in [4.69, 9.17) is 28.2 Å². The third-order valence-electron chi connectivity index (χ3n) is 3.46. The Bertz CT molecular complexity index is 999. The fourth-order valence-electron chi connectivity index (χ4n) is 2.19. The van der Waals surface area contributed by atoms with Crippen molar-refractivity contribution in [1.29, 1.82) is 0 Å². The quantitative estimate of drug-likeness (QED) is 0.288.